The summed E-state index contributed by atoms with van der Waals surface area (Å²) in [5, 5.41) is 14.6. The molecule has 0 atom stereocenters. The van der Waals surface area contributed by atoms with Crippen molar-refractivity contribution in [3.05, 3.63) is 51.8 Å². The van der Waals surface area contributed by atoms with Crippen LogP contribution in [0.2, 0.25) is 0 Å². The molecule has 2 aromatic rings. The molecular weight excluding hydrogens is 270 g/mol. The third-order valence-corrected chi connectivity index (χ3v) is 4.34. The van der Waals surface area contributed by atoms with Gasteiger partial charge in [0.15, 0.2) is 0 Å². The summed E-state index contributed by atoms with van der Waals surface area (Å²) in [6.07, 6.45) is 0. The van der Waals surface area contributed by atoms with Gasteiger partial charge in [-0.3, -0.25) is 10.1 Å². The molecule has 1 aromatic heterocycles. The van der Waals surface area contributed by atoms with Crippen molar-refractivity contribution in [2.75, 3.05) is 0 Å². The Morgan fingerprint density at radius 3 is 2.26 bits per heavy atom. The normalized spacial score (nSPS) is 11.5. The van der Waals surface area contributed by atoms with E-state index in [1.54, 1.807) is 18.2 Å². The van der Waals surface area contributed by atoms with Crippen molar-refractivity contribution in [3.63, 3.8) is 0 Å². The zero-order valence-corrected chi connectivity index (χ0v) is 11.1. The summed E-state index contributed by atoms with van der Waals surface area (Å²) in [5.41, 5.74) is -0.215. The van der Waals surface area contributed by atoms with E-state index in [9.17, 15) is 18.5 Å². The van der Waals surface area contributed by atoms with Crippen LogP contribution in [-0.2, 0) is 10.0 Å². The van der Waals surface area contributed by atoms with Gasteiger partial charge in [-0.1, -0.05) is 18.2 Å². The first kappa shape index (κ1) is 13.2. The van der Waals surface area contributed by atoms with Crippen molar-refractivity contribution in [1.82, 2.24) is 9.19 Å². The average molecular weight is 281 g/mol. The first-order valence-electron chi connectivity index (χ1n) is 5.37. The minimum Gasteiger partial charge on any atom is -0.258 e. The number of hydrogen-bond acceptors (Lipinski definition) is 5. The summed E-state index contributed by atoms with van der Waals surface area (Å²) >= 11 is 0. The SMILES string of the molecule is Cc1nn(S(=O)(=O)c2ccccc2)c(C)c1[N+](=O)[O-]. The summed E-state index contributed by atoms with van der Waals surface area (Å²) in [7, 11) is -3.90. The molecule has 0 fully saturated rings. The Bertz CT molecular complexity index is 735. The van der Waals surface area contributed by atoms with Crippen LogP contribution in [0.5, 0.6) is 0 Å². The molecule has 7 nitrogen and oxygen atoms in total. The molecule has 0 amide bonds. The van der Waals surface area contributed by atoms with Crippen molar-refractivity contribution in [2.45, 2.75) is 18.7 Å². The van der Waals surface area contributed by atoms with E-state index in [1.807, 2.05) is 0 Å². The maximum absolute atomic E-state index is 12.3. The Hall–Kier alpha value is -2.22. The van der Waals surface area contributed by atoms with Gasteiger partial charge < -0.3 is 0 Å². The molecule has 0 saturated heterocycles. The average Bonchev–Trinajstić information content (AvgIpc) is 2.66. The maximum atomic E-state index is 12.3. The summed E-state index contributed by atoms with van der Waals surface area (Å²) in [6, 6.07) is 7.66. The van der Waals surface area contributed by atoms with Crippen LogP contribution in [0.25, 0.3) is 0 Å². The van der Waals surface area contributed by atoms with Gasteiger partial charge in [-0.15, -0.1) is 0 Å². The molecule has 0 spiro atoms. The van der Waals surface area contributed by atoms with Gasteiger partial charge in [0.1, 0.15) is 11.4 Å². The van der Waals surface area contributed by atoms with E-state index >= 15 is 0 Å². The van der Waals surface area contributed by atoms with Crippen LogP contribution < -0.4 is 0 Å². The van der Waals surface area contributed by atoms with Gasteiger partial charge in [0.05, 0.1) is 9.82 Å². The second kappa shape index (κ2) is 4.47. The molecule has 0 bridgehead atoms. The summed E-state index contributed by atoms with van der Waals surface area (Å²) in [4.78, 5) is 10.3. The van der Waals surface area contributed by atoms with E-state index in [0.29, 0.717) is 4.09 Å². The second-order valence-electron chi connectivity index (χ2n) is 3.94. The predicted molar refractivity (Wildman–Crippen MR) is 67.4 cm³/mol. The number of nitro groups is 1. The molecule has 0 aliphatic heterocycles. The molecule has 0 aliphatic rings. The predicted octanol–water partition coefficient (Wildman–Crippen LogP) is 1.65. The van der Waals surface area contributed by atoms with E-state index in [0.717, 1.165) is 0 Å². The number of nitrogens with zero attached hydrogens (tertiary/aromatic N) is 3. The first-order chi connectivity index (χ1) is 8.85. The maximum Gasteiger partial charge on any atom is 0.314 e. The number of benzene rings is 1. The lowest BCUT2D eigenvalue weighted by Gasteiger charge is -2.05. The van der Waals surface area contributed by atoms with Crippen molar-refractivity contribution >= 4 is 15.7 Å². The van der Waals surface area contributed by atoms with E-state index in [-0.39, 0.29) is 22.0 Å². The zero-order chi connectivity index (χ0) is 14.2. The van der Waals surface area contributed by atoms with Crippen molar-refractivity contribution < 1.29 is 13.3 Å². The minimum absolute atomic E-state index is 0.00801. The topological polar surface area (TPSA) is 95.1 Å². The molecule has 2 rings (SSSR count). The van der Waals surface area contributed by atoms with Crippen LogP contribution in [0.3, 0.4) is 0 Å². The Morgan fingerprint density at radius 2 is 1.79 bits per heavy atom. The number of aryl methyl sites for hydroxylation is 1. The Morgan fingerprint density at radius 1 is 1.21 bits per heavy atom. The number of hydrogen-bond donors (Lipinski definition) is 0. The largest absolute Gasteiger partial charge is 0.314 e. The molecule has 0 unspecified atom stereocenters. The fourth-order valence-electron chi connectivity index (χ4n) is 1.80. The summed E-state index contributed by atoms with van der Waals surface area (Å²) in [6.45, 7) is 2.76. The van der Waals surface area contributed by atoms with Crippen LogP contribution in [-0.4, -0.2) is 22.5 Å². The van der Waals surface area contributed by atoms with Gasteiger partial charge in [-0.05, 0) is 26.0 Å². The minimum atomic E-state index is -3.90. The quantitative estimate of drug-likeness (QED) is 0.629. The number of aromatic nitrogens is 2. The molecule has 0 aliphatic carbocycles. The molecule has 0 N–H and O–H groups in total. The third-order valence-electron chi connectivity index (χ3n) is 2.66. The van der Waals surface area contributed by atoms with Crippen molar-refractivity contribution in [2.24, 2.45) is 0 Å². The van der Waals surface area contributed by atoms with E-state index in [2.05, 4.69) is 5.10 Å². The second-order valence-corrected chi connectivity index (χ2v) is 5.71. The molecule has 19 heavy (non-hydrogen) atoms. The van der Waals surface area contributed by atoms with Gasteiger partial charge in [-0.2, -0.15) is 17.6 Å². The summed E-state index contributed by atoms with van der Waals surface area (Å²) in [5.74, 6) is 0. The highest BCUT2D eigenvalue weighted by molar-refractivity contribution is 7.89. The standard InChI is InChI=1S/C11H11N3O4S/c1-8-11(14(15)16)9(2)13(12-8)19(17,18)10-6-4-3-5-7-10/h3-7H,1-2H3. The summed E-state index contributed by atoms with van der Waals surface area (Å²) < 4.78 is 25.3. The Labute approximate surface area is 109 Å². The van der Waals surface area contributed by atoms with Crippen LogP contribution in [0.4, 0.5) is 5.69 Å². The molecule has 1 aromatic carbocycles. The molecule has 8 heteroatoms. The van der Waals surface area contributed by atoms with Gasteiger partial charge in [0, 0.05) is 0 Å². The smallest absolute Gasteiger partial charge is 0.258 e. The lowest BCUT2D eigenvalue weighted by molar-refractivity contribution is -0.386. The molecule has 0 saturated carbocycles. The van der Waals surface area contributed by atoms with Crippen molar-refractivity contribution in [3.8, 4) is 0 Å². The number of rotatable bonds is 3. The highest BCUT2D eigenvalue weighted by Gasteiger charge is 2.28. The highest BCUT2D eigenvalue weighted by atomic mass is 32.2. The van der Waals surface area contributed by atoms with E-state index in [4.69, 9.17) is 0 Å². The van der Waals surface area contributed by atoms with E-state index < -0.39 is 14.9 Å². The Kier molecular flexibility index (Phi) is 3.11. The fraction of sp³-hybridized carbons (Fsp3) is 0.182. The van der Waals surface area contributed by atoms with Crippen LogP contribution in [0.15, 0.2) is 35.2 Å². The Balaban J connectivity index is 2.67. The third kappa shape index (κ3) is 2.10. The fourth-order valence-corrected chi connectivity index (χ4v) is 3.18. The van der Waals surface area contributed by atoms with E-state index in [1.165, 1.54) is 26.0 Å². The van der Waals surface area contributed by atoms with Crippen LogP contribution in [0, 0.1) is 24.0 Å². The molecule has 100 valence electrons. The zero-order valence-electron chi connectivity index (χ0n) is 10.3. The van der Waals surface area contributed by atoms with Gasteiger partial charge >= 0.3 is 5.69 Å². The van der Waals surface area contributed by atoms with Gasteiger partial charge in [0.25, 0.3) is 10.0 Å². The van der Waals surface area contributed by atoms with Gasteiger partial charge in [-0.25, -0.2) is 0 Å². The van der Waals surface area contributed by atoms with Crippen molar-refractivity contribution in [1.29, 1.82) is 0 Å². The van der Waals surface area contributed by atoms with Crippen LogP contribution >= 0.6 is 0 Å². The monoisotopic (exact) mass is 281 g/mol. The highest BCUT2D eigenvalue weighted by Crippen LogP contribution is 2.25. The molecular formula is C11H11N3O4S. The molecule has 0 radical (unpaired) electrons. The molecule has 1 heterocycles. The lowest BCUT2D eigenvalue weighted by Crippen LogP contribution is -2.16. The first-order valence-corrected chi connectivity index (χ1v) is 6.81. The van der Waals surface area contributed by atoms with Gasteiger partial charge in [0.2, 0.25) is 0 Å². The van der Waals surface area contributed by atoms with Crippen LogP contribution in [0.1, 0.15) is 11.4 Å². The lowest BCUT2D eigenvalue weighted by atomic mass is 10.3.